The molecular formula is C26H30F5N3O2. The van der Waals surface area contributed by atoms with Gasteiger partial charge < -0.3 is 20.1 Å². The molecule has 3 N–H and O–H groups in total. The number of hydrogen-bond acceptors (Lipinski definition) is 4. The second kappa shape index (κ2) is 10.1. The number of aliphatic hydroxyl groups excluding tert-OH is 2. The van der Waals surface area contributed by atoms with Crippen molar-refractivity contribution >= 4 is 10.9 Å². The Kier molecular flexibility index (Phi) is 7.43. The highest BCUT2D eigenvalue weighted by atomic mass is 19.3. The van der Waals surface area contributed by atoms with Crippen LogP contribution in [0.4, 0.5) is 22.0 Å². The third-order valence-corrected chi connectivity index (χ3v) is 6.79. The van der Waals surface area contributed by atoms with Crippen molar-refractivity contribution in [2.75, 3.05) is 40.3 Å². The van der Waals surface area contributed by atoms with E-state index < -0.39 is 54.2 Å². The maximum Gasteiger partial charge on any atom is 0.283 e. The quantitative estimate of drug-likeness (QED) is 0.393. The number of alkyl halides is 2. The van der Waals surface area contributed by atoms with Crippen molar-refractivity contribution in [2.24, 2.45) is 5.92 Å². The average molecular weight is 512 g/mol. The molecule has 1 aliphatic heterocycles. The van der Waals surface area contributed by atoms with Gasteiger partial charge in [0, 0.05) is 29.7 Å². The standard InChI is InChI=1S/C26H30F5N3O2/c1-14(11-33(2)3)25(36)15-9-19(28)21(20(29)10-15)24-23-17(7-8-34(24)12-26(30,31)13-35)16-5-4-6-18(27)22(16)32-23/h4-6,9-10,14,24-25,32,35-36H,7-8,11-13H2,1-3H3. The molecule has 3 aromatic rings. The van der Waals surface area contributed by atoms with Gasteiger partial charge in [-0.3, -0.25) is 4.90 Å². The summed E-state index contributed by atoms with van der Waals surface area (Å²) in [6, 6.07) is 5.15. The van der Waals surface area contributed by atoms with Crippen LogP contribution >= 0.6 is 0 Å². The zero-order chi connectivity index (χ0) is 26.4. The van der Waals surface area contributed by atoms with E-state index in [-0.39, 0.29) is 35.7 Å². The predicted molar refractivity (Wildman–Crippen MR) is 126 cm³/mol. The number of aromatic amines is 1. The Morgan fingerprint density at radius 2 is 1.81 bits per heavy atom. The molecule has 1 aromatic heterocycles. The highest BCUT2D eigenvalue weighted by Gasteiger charge is 2.41. The van der Waals surface area contributed by atoms with Gasteiger partial charge in [-0.15, -0.1) is 0 Å². The number of benzene rings is 2. The highest BCUT2D eigenvalue weighted by Crippen LogP contribution is 2.42. The fourth-order valence-electron chi connectivity index (χ4n) is 5.21. The molecule has 0 saturated carbocycles. The Hall–Kier alpha value is -2.53. The number of rotatable bonds is 8. The third kappa shape index (κ3) is 5.00. The predicted octanol–water partition coefficient (Wildman–Crippen LogP) is 4.39. The number of nitrogens with zero attached hydrogens (tertiary/aromatic N) is 2. The molecular weight excluding hydrogens is 481 g/mol. The first-order chi connectivity index (χ1) is 16.9. The van der Waals surface area contributed by atoms with Crippen LogP contribution in [0.15, 0.2) is 30.3 Å². The van der Waals surface area contributed by atoms with E-state index in [1.54, 1.807) is 13.0 Å². The number of aliphatic hydroxyl groups is 2. The summed E-state index contributed by atoms with van der Waals surface area (Å²) in [5.41, 5.74) is 0.512. The number of nitrogens with one attached hydrogen (secondary N) is 1. The molecule has 2 heterocycles. The minimum atomic E-state index is -3.52. The summed E-state index contributed by atoms with van der Waals surface area (Å²) in [6.45, 7) is -0.138. The number of fused-ring (bicyclic) bond motifs is 3. The molecule has 0 spiro atoms. The van der Waals surface area contributed by atoms with E-state index in [0.29, 0.717) is 17.5 Å². The van der Waals surface area contributed by atoms with Crippen LogP contribution in [-0.4, -0.2) is 71.3 Å². The van der Waals surface area contributed by atoms with Crippen LogP contribution in [0.25, 0.3) is 10.9 Å². The summed E-state index contributed by atoms with van der Waals surface area (Å²) in [7, 11) is 3.63. The first-order valence-corrected chi connectivity index (χ1v) is 11.8. The SMILES string of the molecule is CC(CN(C)C)C(O)c1cc(F)c(C2c3[nH]c4c(F)cccc4c3CCN2CC(F)(F)CO)c(F)c1. The summed E-state index contributed by atoms with van der Waals surface area (Å²) in [6.07, 6.45) is -0.900. The van der Waals surface area contributed by atoms with E-state index in [0.717, 1.165) is 12.1 Å². The fourth-order valence-corrected chi connectivity index (χ4v) is 5.21. The second-order valence-electron chi connectivity index (χ2n) is 9.90. The van der Waals surface area contributed by atoms with Gasteiger partial charge in [-0.25, -0.2) is 22.0 Å². The van der Waals surface area contributed by atoms with Crippen molar-refractivity contribution in [1.29, 1.82) is 0 Å². The Balaban J connectivity index is 1.84. The summed E-state index contributed by atoms with van der Waals surface area (Å²) < 4.78 is 74.2. The van der Waals surface area contributed by atoms with Gasteiger partial charge in [-0.05, 0) is 55.8 Å². The number of halogens is 5. The number of H-pyrrole nitrogens is 1. The normalized spacial score (nSPS) is 18.6. The van der Waals surface area contributed by atoms with Crippen molar-refractivity contribution in [3.8, 4) is 0 Å². The first-order valence-electron chi connectivity index (χ1n) is 11.8. The van der Waals surface area contributed by atoms with Crippen molar-refractivity contribution in [3.63, 3.8) is 0 Å². The van der Waals surface area contributed by atoms with Gasteiger partial charge in [-0.2, -0.15) is 0 Å². The molecule has 2 aromatic carbocycles. The smallest absolute Gasteiger partial charge is 0.283 e. The summed E-state index contributed by atoms with van der Waals surface area (Å²) in [4.78, 5) is 5.92. The molecule has 0 amide bonds. The second-order valence-corrected chi connectivity index (χ2v) is 9.90. The van der Waals surface area contributed by atoms with E-state index in [1.165, 1.54) is 17.0 Å². The van der Waals surface area contributed by atoms with Gasteiger partial charge in [-0.1, -0.05) is 19.1 Å². The van der Waals surface area contributed by atoms with E-state index in [4.69, 9.17) is 5.11 Å². The molecule has 10 heteroatoms. The summed E-state index contributed by atoms with van der Waals surface area (Å²) in [5.74, 6) is -6.42. The molecule has 0 bridgehead atoms. The van der Waals surface area contributed by atoms with Crippen molar-refractivity contribution in [3.05, 3.63) is 70.2 Å². The lowest BCUT2D eigenvalue weighted by atomic mass is 9.89. The maximum atomic E-state index is 15.6. The third-order valence-electron chi connectivity index (χ3n) is 6.79. The van der Waals surface area contributed by atoms with Crippen molar-refractivity contribution in [1.82, 2.24) is 14.8 Å². The topological polar surface area (TPSA) is 62.7 Å². The van der Waals surface area contributed by atoms with Gasteiger partial charge in [0.15, 0.2) is 0 Å². The van der Waals surface area contributed by atoms with Crippen LogP contribution in [0.1, 0.15) is 41.5 Å². The molecule has 5 nitrogen and oxygen atoms in total. The first kappa shape index (κ1) is 26.5. The van der Waals surface area contributed by atoms with Crippen molar-refractivity contribution in [2.45, 2.75) is 31.4 Å². The average Bonchev–Trinajstić information content (AvgIpc) is 3.18. The van der Waals surface area contributed by atoms with Gasteiger partial charge in [0.05, 0.1) is 24.2 Å². The van der Waals surface area contributed by atoms with Crippen LogP contribution in [0.3, 0.4) is 0 Å². The van der Waals surface area contributed by atoms with Gasteiger partial charge in [0.1, 0.15) is 24.1 Å². The summed E-state index contributed by atoms with van der Waals surface area (Å²) >= 11 is 0. The zero-order valence-electron chi connectivity index (χ0n) is 20.3. The minimum Gasteiger partial charge on any atom is -0.390 e. The number of hydrogen-bond donors (Lipinski definition) is 3. The molecule has 3 unspecified atom stereocenters. The van der Waals surface area contributed by atoms with Crippen LogP contribution < -0.4 is 0 Å². The molecule has 4 rings (SSSR count). The fraction of sp³-hybridized carbons (Fsp3) is 0.462. The Morgan fingerprint density at radius 3 is 2.42 bits per heavy atom. The molecule has 0 aliphatic carbocycles. The molecule has 0 radical (unpaired) electrons. The van der Waals surface area contributed by atoms with Gasteiger partial charge in [0.2, 0.25) is 0 Å². The molecule has 0 saturated heterocycles. The monoisotopic (exact) mass is 511 g/mol. The highest BCUT2D eigenvalue weighted by molar-refractivity contribution is 5.86. The molecule has 36 heavy (non-hydrogen) atoms. The molecule has 196 valence electrons. The van der Waals surface area contributed by atoms with E-state index in [9.17, 15) is 18.3 Å². The van der Waals surface area contributed by atoms with E-state index in [2.05, 4.69) is 4.98 Å². The lowest BCUT2D eigenvalue weighted by Crippen LogP contribution is -2.45. The van der Waals surface area contributed by atoms with E-state index >= 15 is 8.78 Å². The van der Waals surface area contributed by atoms with Crippen LogP contribution in [0, 0.1) is 23.4 Å². The van der Waals surface area contributed by atoms with Crippen LogP contribution in [-0.2, 0) is 6.42 Å². The molecule has 0 fully saturated rings. The largest absolute Gasteiger partial charge is 0.390 e. The van der Waals surface area contributed by atoms with Crippen molar-refractivity contribution < 1.29 is 32.2 Å². The van der Waals surface area contributed by atoms with Gasteiger partial charge >= 0.3 is 0 Å². The lowest BCUT2D eigenvalue weighted by molar-refractivity contribution is -0.0791. The number of para-hydroxylation sites is 1. The maximum absolute atomic E-state index is 15.6. The lowest BCUT2D eigenvalue weighted by Gasteiger charge is -2.38. The Bertz CT molecular complexity index is 1220. The molecule has 3 atom stereocenters. The zero-order valence-corrected chi connectivity index (χ0v) is 20.3. The van der Waals surface area contributed by atoms with Crippen LogP contribution in [0.5, 0.6) is 0 Å². The van der Waals surface area contributed by atoms with E-state index in [1.807, 2.05) is 19.0 Å². The minimum absolute atomic E-state index is 0.0137. The van der Waals surface area contributed by atoms with Crippen LogP contribution in [0.2, 0.25) is 0 Å². The van der Waals surface area contributed by atoms with Gasteiger partial charge in [0.25, 0.3) is 5.92 Å². The number of aromatic nitrogens is 1. The molecule has 1 aliphatic rings. The Morgan fingerprint density at radius 1 is 1.14 bits per heavy atom. The Labute approximate surface area is 206 Å². The summed E-state index contributed by atoms with van der Waals surface area (Å²) in [5, 5.41) is 20.3.